The smallest absolute Gasteiger partial charge is 0.160 e. The standard InChI is InChI=1S/C14H22N4O/c1-6-12-7-13(15-9(2)8-19-5)18-14(16-12)10(3)11(4)17-18/h7,9,15H,6,8H2,1-5H3/t9-/m1/s1. The molecule has 0 spiro atoms. The van der Waals surface area contributed by atoms with Crippen molar-refractivity contribution in [3.05, 3.63) is 23.0 Å². The number of nitrogens with zero attached hydrogens (tertiary/aromatic N) is 3. The van der Waals surface area contributed by atoms with Gasteiger partial charge in [-0.3, -0.25) is 0 Å². The third-order valence-electron chi connectivity index (χ3n) is 3.28. The molecule has 0 saturated carbocycles. The summed E-state index contributed by atoms with van der Waals surface area (Å²) in [6.07, 6.45) is 0.910. The molecular formula is C14H22N4O. The first kappa shape index (κ1) is 13.8. The van der Waals surface area contributed by atoms with Gasteiger partial charge in [0.05, 0.1) is 12.3 Å². The first-order valence-corrected chi connectivity index (χ1v) is 6.68. The number of hydrogen-bond acceptors (Lipinski definition) is 4. The summed E-state index contributed by atoms with van der Waals surface area (Å²) in [5.41, 5.74) is 4.16. The van der Waals surface area contributed by atoms with Gasteiger partial charge in [0.2, 0.25) is 0 Å². The Labute approximate surface area is 114 Å². The van der Waals surface area contributed by atoms with Crippen molar-refractivity contribution >= 4 is 11.5 Å². The zero-order chi connectivity index (χ0) is 14.0. The molecule has 19 heavy (non-hydrogen) atoms. The normalized spacial score (nSPS) is 12.9. The minimum Gasteiger partial charge on any atom is -0.383 e. The number of fused-ring (bicyclic) bond motifs is 1. The SMILES string of the molecule is CCc1cc(N[C@H](C)COC)n2nc(C)c(C)c2n1. The molecule has 0 aromatic carbocycles. The molecular weight excluding hydrogens is 240 g/mol. The first-order valence-electron chi connectivity index (χ1n) is 6.68. The van der Waals surface area contributed by atoms with Gasteiger partial charge in [0.25, 0.3) is 0 Å². The van der Waals surface area contributed by atoms with E-state index in [1.54, 1.807) is 7.11 Å². The fraction of sp³-hybridized carbons (Fsp3) is 0.571. The Morgan fingerprint density at radius 2 is 2.16 bits per heavy atom. The van der Waals surface area contributed by atoms with Gasteiger partial charge in [0, 0.05) is 30.5 Å². The molecule has 1 atom stereocenters. The van der Waals surface area contributed by atoms with Gasteiger partial charge < -0.3 is 10.1 Å². The van der Waals surface area contributed by atoms with Crippen LogP contribution in [0.25, 0.3) is 5.65 Å². The lowest BCUT2D eigenvalue weighted by Crippen LogP contribution is -2.22. The highest BCUT2D eigenvalue weighted by atomic mass is 16.5. The van der Waals surface area contributed by atoms with E-state index in [1.165, 1.54) is 0 Å². The second-order valence-electron chi connectivity index (χ2n) is 4.93. The van der Waals surface area contributed by atoms with Crippen LogP contribution in [0.4, 0.5) is 5.82 Å². The molecule has 0 aliphatic heterocycles. The maximum Gasteiger partial charge on any atom is 0.160 e. The molecule has 2 heterocycles. The highest BCUT2D eigenvalue weighted by Crippen LogP contribution is 2.19. The molecule has 2 aromatic heterocycles. The van der Waals surface area contributed by atoms with Crippen molar-refractivity contribution in [1.29, 1.82) is 0 Å². The summed E-state index contributed by atoms with van der Waals surface area (Å²) in [5.74, 6) is 0.975. The summed E-state index contributed by atoms with van der Waals surface area (Å²) in [6.45, 7) is 8.93. The molecule has 5 heteroatoms. The number of methoxy groups -OCH3 is 1. The van der Waals surface area contributed by atoms with Crippen molar-refractivity contribution < 1.29 is 4.74 Å². The van der Waals surface area contributed by atoms with E-state index in [2.05, 4.69) is 42.2 Å². The third-order valence-corrected chi connectivity index (χ3v) is 3.28. The van der Waals surface area contributed by atoms with Crippen molar-refractivity contribution in [2.24, 2.45) is 0 Å². The van der Waals surface area contributed by atoms with Crippen LogP contribution in [-0.2, 0) is 11.2 Å². The summed E-state index contributed by atoms with van der Waals surface area (Å²) in [7, 11) is 1.71. The van der Waals surface area contributed by atoms with E-state index in [0.717, 1.165) is 34.8 Å². The number of ether oxygens (including phenoxy) is 1. The van der Waals surface area contributed by atoms with Crippen molar-refractivity contribution in [1.82, 2.24) is 14.6 Å². The van der Waals surface area contributed by atoms with Crippen LogP contribution in [0, 0.1) is 13.8 Å². The maximum atomic E-state index is 5.17. The van der Waals surface area contributed by atoms with E-state index in [0.29, 0.717) is 6.61 Å². The molecule has 2 rings (SSSR count). The number of hydrogen-bond donors (Lipinski definition) is 1. The second-order valence-corrected chi connectivity index (χ2v) is 4.93. The molecule has 0 radical (unpaired) electrons. The molecule has 5 nitrogen and oxygen atoms in total. The van der Waals surface area contributed by atoms with Gasteiger partial charge in [-0.05, 0) is 27.2 Å². The maximum absolute atomic E-state index is 5.17. The predicted molar refractivity (Wildman–Crippen MR) is 76.8 cm³/mol. The first-order chi connectivity index (χ1) is 9.06. The summed E-state index contributed by atoms with van der Waals surface area (Å²) in [6, 6.07) is 2.29. The Morgan fingerprint density at radius 3 is 2.79 bits per heavy atom. The minimum absolute atomic E-state index is 0.227. The molecule has 0 aliphatic carbocycles. The molecule has 0 amide bonds. The van der Waals surface area contributed by atoms with E-state index in [-0.39, 0.29) is 6.04 Å². The largest absolute Gasteiger partial charge is 0.383 e. The van der Waals surface area contributed by atoms with Crippen LogP contribution in [0.3, 0.4) is 0 Å². The molecule has 1 N–H and O–H groups in total. The van der Waals surface area contributed by atoms with Gasteiger partial charge >= 0.3 is 0 Å². The fourth-order valence-electron chi connectivity index (χ4n) is 2.11. The number of aromatic nitrogens is 3. The second kappa shape index (κ2) is 5.57. The van der Waals surface area contributed by atoms with Crippen molar-refractivity contribution in [2.45, 2.75) is 40.2 Å². The molecule has 104 valence electrons. The Bertz CT molecular complexity index is 576. The van der Waals surface area contributed by atoms with Gasteiger partial charge in [-0.2, -0.15) is 9.61 Å². The van der Waals surface area contributed by atoms with Crippen LogP contribution in [-0.4, -0.2) is 34.4 Å². The van der Waals surface area contributed by atoms with Crippen molar-refractivity contribution in [3.8, 4) is 0 Å². The summed E-state index contributed by atoms with van der Waals surface area (Å²) in [5, 5.41) is 7.99. The van der Waals surface area contributed by atoms with E-state index < -0.39 is 0 Å². The number of nitrogens with one attached hydrogen (secondary N) is 1. The van der Waals surface area contributed by atoms with Gasteiger partial charge in [-0.25, -0.2) is 4.98 Å². The lowest BCUT2D eigenvalue weighted by molar-refractivity contribution is 0.190. The highest BCUT2D eigenvalue weighted by Gasteiger charge is 2.13. The van der Waals surface area contributed by atoms with Gasteiger partial charge in [-0.1, -0.05) is 6.92 Å². The highest BCUT2D eigenvalue weighted by molar-refractivity contribution is 5.56. The predicted octanol–water partition coefficient (Wildman–Crippen LogP) is 2.36. The van der Waals surface area contributed by atoms with Gasteiger partial charge in [0.1, 0.15) is 5.82 Å². The third kappa shape index (κ3) is 2.71. The lowest BCUT2D eigenvalue weighted by Gasteiger charge is -2.15. The summed E-state index contributed by atoms with van der Waals surface area (Å²) in [4.78, 5) is 4.66. The Hall–Kier alpha value is -1.62. The van der Waals surface area contributed by atoms with Crippen LogP contribution >= 0.6 is 0 Å². The van der Waals surface area contributed by atoms with E-state index in [1.807, 2.05) is 11.4 Å². The Balaban J connectivity index is 2.48. The van der Waals surface area contributed by atoms with Crippen molar-refractivity contribution in [2.75, 3.05) is 19.0 Å². The van der Waals surface area contributed by atoms with E-state index >= 15 is 0 Å². The van der Waals surface area contributed by atoms with Crippen LogP contribution < -0.4 is 5.32 Å². The number of anilines is 1. The summed E-state index contributed by atoms with van der Waals surface area (Å²) < 4.78 is 7.05. The molecule has 0 saturated heterocycles. The van der Waals surface area contributed by atoms with Crippen molar-refractivity contribution in [3.63, 3.8) is 0 Å². The van der Waals surface area contributed by atoms with Crippen LogP contribution in [0.5, 0.6) is 0 Å². The van der Waals surface area contributed by atoms with Crippen LogP contribution in [0.1, 0.15) is 30.8 Å². The van der Waals surface area contributed by atoms with Crippen LogP contribution in [0.15, 0.2) is 6.07 Å². The summed E-state index contributed by atoms with van der Waals surface area (Å²) >= 11 is 0. The van der Waals surface area contributed by atoms with Crippen LogP contribution in [0.2, 0.25) is 0 Å². The average molecular weight is 262 g/mol. The molecule has 0 fully saturated rings. The van der Waals surface area contributed by atoms with E-state index in [9.17, 15) is 0 Å². The zero-order valence-corrected chi connectivity index (χ0v) is 12.3. The molecule has 0 bridgehead atoms. The quantitative estimate of drug-likeness (QED) is 0.898. The Kier molecular flexibility index (Phi) is 4.04. The fourth-order valence-corrected chi connectivity index (χ4v) is 2.11. The topological polar surface area (TPSA) is 51.5 Å². The molecule has 0 unspecified atom stereocenters. The lowest BCUT2D eigenvalue weighted by atomic mass is 10.2. The number of aryl methyl sites for hydroxylation is 3. The minimum atomic E-state index is 0.227. The van der Waals surface area contributed by atoms with Gasteiger partial charge in [-0.15, -0.1) is 0 Å². The van der Waals surface area contributed by atoms with Gasteiger partial charge in [0.15, 0.2) is 5.65 Å². The Morgan fingerprint density at radius 1 is 1.42 bits per heavy atom. The van der Waals surface area contributed by atoms with E-state index in [4.69, 9.17) is 4.74 Å². The molecule has 0 aliphatic rings. The number of rotatable bonds is 5. The average Bonchev–Trinajstić information content (AvgIpc) is 2.66. The zero-order valence-electron chi connectivity index (χ0n) is 12.3. The molecule has 2 aromatic rings. The monoisotopic (exact) mass is 262 g/mol.